The van der Waals surface area contributed by atoms with Crippen molar-refractivity contribution in [3.8, 4) is 0 Å². The van der Waals surface area contributed by atoms with Crippen molar-refractivity contribution in [1.29, 1.82) is 0 Å². The molecule has 0 radical (unpaired) electrons. The van der Waals surface area contributed by atoms with Gasteiger partial charge in [-0.1, -0.05) is 30.3 Å². The summed E-state index contributed by atoms with van der Waals surface area (Å²) in [5.74, 6) is -0.409. The maximum atomic E-state index is 13.2. The molecule has 0 bridgehead atoms. The number of nitrogens with zero attached hydrogens (tertiary/aromatic N) is 2. The number of sulfonamides is 1. The van der Waals surface area contributed by atoms with Crippen molar-refractivity contribution in [1.82, 2.24) is 19.9 Å². The van der Waals surface area contributed by atoms with E-state index < -0.39 is 15.6 Å². The summed E-state index contributed by atoms with van der Waals surface area (Å²) >= 11 is 0. The molecule has 1 fully saturated rings. The van der Waals surface area contributed by atoms with Gasteiger partial charge in [0.1, 0.15) is 12.2 Å². The maximum absolute atomic E-state index is 13.2. The molecule has 0 unspecified atom stereocenters. The number of pyridine rings is 2. The molecule has 3 heterocycles. The third kappa shape index (κ3) is 5.43. The van der Waals surface area contributed by atoms with Crippen molar-refractivity contribution in [3.05, 3.63) is 94.3 Å². The minimum absolute atomic E-state index is 0.0716. The second-order valence-corrected chi connectivity index (χ2v) is 10.4. The largest absolute Gasteiger partial charge is 0.360 e. The van der Waals surface area contributed by atoms with E-state index in [1.807, 2.05) is 18.3 Å². The number of H-pyrrole nitrogens is 1. The number of anilines is 1. The first kappa shape index (κ1) is 22.9. The highest BCUT2D eigenvalue weighted by atomic mass is 32.2. The Hall–Kier alpha value is -3.92. The SMILES string of the molecule is O=C(Cn1c(C2CC2)ccc(NS(=O)(=O)Cc2ccccc2)c1=O)NCc1cc2cc[nH]c2cn1. The maximum Gasteiger partial charge on any atom is 0.275 e. The summed E-state index contributed by atoms with van der Waals surface area (Å²) in [6.45, 7) is 0.0161. The highest BCUT2D eigenvalue weighted by Crippen LogP contribution is 2.39. The molecular weight excluding hydrogens is 466 g/mol. The quantitative estimate of drug-likeness (QED) is 0.332. The van der Waals surface area contributed by atoms with Gasteiger partial charge in [-0.3, -0.25) is 19.3 Å². The molecular formula is C25H25N5O4S. The minimum atomic E-state index is -3.81. The van der Waals surface area contributed by atoms with E-state index in [1.54, 1.807) is 42.6 Å². The van der Waals surface area contributed by atoms with E-state index in [1.165, 1.54) is 10.6 Å². The summed E-state index contributed by atoms with van der Waals surface area (Å²) in [5.41, 5.74) is 2.35. The van der Waals surface area contributed by atoms with Gasteiger partial charge in [0, 0.05) is 17.3 Å². The van der Waals surface area contributed by atoms with Crippen molar-refractivity contribution in [2.75, 3.05) is 4.72 Å². The Labute approximate surface area is 202 Å². The first-order valence-corrected chi connectivity index (χ1v) is 13.0. The lowest BCUT2D eigenvalue weighted by atomic mass is 10.2. The van der Waals surface area contributed by atoms with Crippen molar-refractivity contribution < 1.29 is 13.2 Å². The number of hydrogen-bond donors (Lipinski definition) is 3. The molecule has 3 N–H and O–H groups in total. The second kappa shape index (κ2) is 9.38. The molecule has 9 nitrogen and oxygen atoms in total. The number of aromatic amines is 1. The number of aromatic nitrogens is 3. The van der Waals surface area contributed by atoms with Gasteiger partial charge in [-0.15, -0.1) is 0 Å². The molecule has 0 spiro atoms. The highest BCUT2D eigenvalue weighted by molar-refractivity contribution is 7.91. The molecule has 180 valence electrons. The molecule has 10 heteroatoms. The third-order valence-corrected chi connectivity index (χ3v) is 7.18. The van der Waals surface area contributed by atoms with Gasteiger partial charge in [0.2, 0.25) is 15.9 Å². The number of fused-ring (bicyclic) bond motifs is 1. The number of carbonyl (C=O) groups is 1. The number of carbonyl (C=O) groups excluding carboxylic acids is 1. The van der Waals surface area contributed by atoms with E-state index in [0.29, 0.717) is 11.3 Å². The van der Waals surface area contributed by atoms with Crippen LogP contribution in [-0.2, 0) is 33.7 Å². The average Bonchev–Trinajstić information content (AvgIpc) is 3.57. The summed E-state index contributed by atoms with van der Waals surface area (Å²) in [6.07, 6.45) is 5.39. The molecule has 1 aromatic carbocycles. The number of nitrogens with one attached hydrogen (secondary N) is 3. The van der Waals surface area contributed by atoms with Gasteiger partial charge >= 0.3 is 0 Å². The number of amides is 1. The summed E-state index contributed by atoms with van der Waals surface area (Å²) in [7, 11) is -3.81. The molecule has 1 aliphatic rings. The standard InChI is InChI=1S/C25H25N5O4S/c31-24(28-13-20-12-19-10-11-26-22(19)14-27-20)15-30-23(18-6-7-18)9-8-21(25(30)32)29-35(33,34)16-17-4-2-1-3-5-17/h1-5,8-12,14,18,26,29H,6-7,13,15-16H2,(H,28,31). The number of rotatable bonds is 9. The monoisotopic (exact) mass is 491 g/mol. The summed E-state index contributed by atoms with van der Waals surface area (Å²) in [6, 6.07) is 15.8. The van der Waals surface area contributed by atoms with Crippen LogP contribution >= 0.6 is 0 Å². The lowest BCUT2D eigenvalue weighted by Crippen LogP contribution is -2.35. The van der Waals surface area contributed by atoms with E-state index in [2.05, 4.69) is 20.0 Å². The van der Waals surface area contributed by atoms with E-state index in [-0.39, 0.29) is 36.4 Å². The lowest BCUT2D eigenvalue weighted by Gasteiger charge is -2.15. The molecule has 1 saturated carbocycles. The minimum Gasteiger partial charge on any atom is -0.360 e. The first-order valence-electron chi connectivity index (χ1n) is 11.3. The Morgan fingerprint density at radius 3 is 2.69 bits per heavy atom. The Kier molecular flexibility index (Phi) is 6.12. The Morgan fingerprint density at radius 1 is 1.11 bits per heavy atom. The predicted molar refractivity (Wildman–Crippen MR) is 133 cm³/mol. The van der Waals surface area contributed by atoms with E-state index in [4.69, 9.17) is 0 Å². The van der Waals surface area contributed by atoms with Gasteiger partial charge in [0.15, 0.2) is 0 Å². The number of benzene rings is 1. The highest BCUT2D eigenvalue weighted by Gasteiger charge is 2.28. The van der Waals surface area contributed by atoms with Crippen LogP contribution in [0, 0.1) is 0 Å². The number of hydrogen-bond acceptors (Lipinski definition) is 5. The fraction of sp³-hybridized carbons (Fsp3) is 0.240. The van der Waals surface area contributed by atoms with Gasteiger partial charge in [-0.25, -0.2) is 8.42 Å². The van der Waals surface area contributed by atoms with Crippen LogP contribution in [0.4, 0.5) is 5.69 Å². The van der Waals surface area contributed by atoms with Crippen LogP contribution in [0.1, 0.15) is 35.7 Å². The summed E-state index contributed by atoms with van der Waals surface area (Å²) < 4.78 is 29.1. The molecule has 4 aromatic rings. The van der Waals surface area contributed by atoms with Crippen molar-refractivity contribution in [2.45, 2.75) is 37.6 Å². The fourth-order valence-electron chi connectivity index (χ4n) is 4.05. The Balaban J connectivity index is 1.32. The second-order valence-electron chi connectivity index (χ2n) is 8.70. The van der Waals surface area contributed by atoms with Crippen LogP contribution in [0.25, 0.3) is 10.9 Å². The Bertz CT molecular complexity index is 1540. The zero-order valence-corrected chi connectivity index (χ0v) is 19.7. The van der Waals surface area contributed by atoms with E-state index in [9.17, 15) is 18.0 Å². The van der Waals surface area contributed by atoms with E-state index >= 15 is 0 Å². The van der Waals surface area contributed by atoms with Crippen molar-refractivity contribution >= 4 is 32.5 Å². The first-order chi connectivity index (χ1) is 16.9. The smallest absolute Gasteiger partial charge is 0.275 e. The van der Waals surface area contributed by atoms with Gasteiger partial charge in [0.05, 0.1) is 29.7 Å². The van der Waals surface area contributed by atoms with Gasteiger partial charge in [0.25, 0.3) is 5.56 Å². The van der Waals surface area contributed by atoms with Crippen LogP contribution in [-0.4, -0.2) is 28.9 Å². The molecule has 0 atom stereocenters. The zero-order valence-electron chi connectivity index (χ0n) is 18.9. The van der Waals surface area contributed by atoms with Crippen LogP contribution < -0.4 is 15.6 Å². The molecule has 1 aliphatic carbocycles. The Morgan fingerprint density at radius 2 is 1.91 bits per heavy atom. The summed E-state index contributed by atoms with van der Waals surface area (Å²) in [5, 5.41) is 3.80. The predicted octanol–water partition coefficient (Wildman–Crippen LogP) is 2.86. The van der Waals surface area contributed by atoms with Gasteiger partial charge in [-0.2, -0.15) is 0 Å². The summed E-state index contributed by atoms with van der Waals surface area (Å²) in [4.78, 5) is 33.4. The molecule has 0 aliphatic heterocycles. The van der Waals surface area contributed by atoms with Crippen molar-refractivity contribution in [2.24, 2.45) is 0 Å². The fourth-order valence-corrected chi connectivity index (χ4v) is 5.24. The molecule has 1 amide bonds. The van der Waals surface area contributed by atoms with Crippen LogP contribution in [0.5, 0.6) is 0 Å². The lowest BCUT2D eigenvalue weighted by molar-refractivity contribution is -0.121. The van der Waals surface area contributed by atoms with Crippen LogP contribution in [0.3, 0.4) is 0 Å². The van der Waals surface area contributed by atoms with Gasteiger partial charge in [-0.05, 0) is 48.6 Å². The topological polar surface area (TPSA) is 126 Å². The molecule has 0 saturated heterocycles. The average molecular weight is 492 g/mol. The van der Waals surface area contributed by atoms with Crippen molar-refractivity contribution in [3.63, 3.8) is 0 Å². The molecule has 5 rings (SSSR count). The third-order valence-electron chi connectivity index (χ3n) is 5.93. The normalized spacial score (nSPS) is 13.6. The molecule has 3 aromatic heterocycles. The zero-order chi connectivity index (χ0) is 24.4. The van der Waals surface area contributed by atoms with E-state index in [0.717, 1.165) is 29.4 Å². The molecule has 35 heavy (non-hydrogen) atoms. The van der Waals surface area contributed by atoms with Crippen LogP contribution in [0.2, 0.25) is 0 Å². The van der Waals surface area contributed by atoms with Crippen LogP contribution in [0.15, 0.2) is 71.8 Å². The van der Waals surface area contributed by atoms with Gasteiger partial charge < -0.3 is 14.9 Å².